The van der Waals surface area contributed by atoms with E-state index >= 15 is 0 Å². The van der Waals surface area contributed by atoms with Crippen molar-refractivity contribution in [1.82, 2.24) is 4.31 Å². The molecule has 5 nitrogen and oxygen atoms in total. The van der Waals surface area contributed by atoms with Crippen molar-refractivity contribution >= 4 is 16.0 Å². The molecule has 0 aromatic heterocycles. The van der Waals surface area contributed by atoms with Crippen LogP contribution in [0.15, 0.2) is 29.2 Å². The van der Waals surface area contributed by atoms with Gasteiger partial charge < -0.3 is 5.11 Å². The van der Waals surface area contributed by atoms with Gasteiger partial charge in [0.05, 0.1) is 23.5 Å². The highest BCUT2D eigenvalue weighted by Crippen LogP contribution is 2.32. The van der Waals surface area contributed by atoms with Crippen LogP contribution >= 0.6 is 0 Å². The Kier molecular flexibility index (Phi) is 2.86. The fourth-order valence-corrected chi connectivity index (χ4v) is 3.12. The highest BCUT2D eigenvalue weighted by atomic mass is 32.2. The van der Waals surface area contributed by atoms with Crippen molar-refractivity contribution in [2.24, 2.45) is 0 Å². The van der Waals surface area contributed by atoms with E-state index in [0.29, 0.717) is 4.31 Å². The lowest BCUT2D eigenvalue weighted by atomic mass is 10.2. The summed E-state index contributed by atoms with van der Waals surface area (Å²) in [6.45, 7) is -1.74. The number of rotatable bonds is 3. The Labute approximate surface area is 102 Å². The molecule has 1 N–H and O–H groups in total. The molecule has 1 aromatic rings. The number of hydrogen-bond acceptors (Lipinski definition) is 3. The molecule has 0 radical (unpaired) electrons. The van der Waals surface area contributed by atoms with E-state index in [2.05, 4.69) is 0 Å². The lowest BCUT2D eigenvalue weighted by Gasteiger charge is -2.37. The van der Waals surface area contributed by atoms with E-state index in [1.165, 1.54) is 18.2 Å². The lowest BCUT2D eigenvalue weighted by Crippen LogP contribution is -2.58. The number of carboxylic acid groups (broad SMARTS) is 1. The topological polar surface area (TPSA) is 74.7 Å². The van der Waals surface area contributed by atoms with E-state index in [0.717, 1.165) is 6.07 Å². The zero-order valence-corrected chi connectivity index (χ0v) is 9.82. The zero-order chi connectivity index (χ0) is 13.6. The summed E-state index contributed by atoms with van der Waals surface area (Å²) in [4.78, 5) is 10.4. The van der Waals surface area contributed by atoms with Gasteiger partial charge in [0, 0.05) is 0 Å². The number of sulfonamides is 1. The first-order valence-corrected chi connectivity index (χ1v) is 6.38. The minimum atomic E-state index is -4.04. The van der Waals surface area contributed by atoms with Crippen LogP contribution in [0.2, 0.25) is 0 Å². The normalized spacial score (nSPS) is 19.2. The van der Waals surface area contributed by atoms with Gasteiger partial charge in [0.2, 0.25) is 10.0 Å². The van der Waals surface area contributed by atoms with Gasteiger partial charge in [-0.15, -0.1) is 0 Å². The van der Waals surface area contributed by atoms with Gasteiger partial charge in [0.15, 0.2) is 0 Å². The number of carbonyl (C=O) groups is 1. The van der Waals surface area contributed by atoms with Crippen molar-refractivity contribution < 1.29 is 27.1 Å². The second kappa shape index (κ2) is 3.99. The molecule has 1 saturated heterocycles. The SMILES string of the molecule is O=C(O)c1cccc(S(=O)(=O)N2CC(F)(F)C2)c1. The first kappa shape index (κ1) is 12.9. The Bertz CT molecular complexity index is 592. The van der Waals surface area contributed by atoms with Crippen LogP contribution in [0.3, 0.4) is 0 Å². The molecule has 8 heteroatoms. The molecule has 98 valence electrons. The Morgan fingerprint density at radius 2 is 1.94 bits per heavy atom. The molecule has 1 fully saturated rings. The van der Waals surface area contributed by atoms with E-state index < -0.39 is 35.0 Å². The van der Waals surface area contributed by atoms with Crippen LogP contribution in [0.4, 0.5) is 8.78 Å². The molecular weight excluding hydrogens is 268 g/mol. The largest absolute Gasteiger partial charge is 0.478 e. The monoisotopic (exact) mass is 277 g/mol. The smallest absolute Gasteiger partial charge is 0.335 e. The molecule has 1 aliphatic rings. The number of hydrogen-bond donors (Lipinski definition) is 1. The van der Waals surface area contributed by atoms with Crippen LogP contribution in [-0.4, -0.2) is 42.8 Å². The molecule has 18 heavy (non-hydrogen) atoms. The first-order valence-electron chi connectivity index (χ1n) is 4.94. The van der Waals surface area contributed by atoms with Gasteiger partial charge in [0.1, 0.15) is 0 Å². The Morgan fingerprint density at radius 3 is 2.44 bits per heavy atom. The third-order valence-corrected chi connectivity index (χ3v) is 4.32. The van der Waals surface area contributed by atoms with Crippen molar-refractivity contribution in [3.63, 3.8) is 0 Å². The van der Waals surface area contributed by atoms with Gasteiger partial charge in [-0.3, -0.25) is 0 Å². The predicted octanol–water partition coefficient (Wildman–Crippen LogP) is 1.02. The maximum absolute atomic E-state index is 12.6. The average molecular weight is 277 g/mol. The number of halogens is 2. The second-order valence-corrected chi connectivity index (χ2v) is 5.90. The molecule has 0 bridgehead atoms. The summed E-state index contributed by atoms with van der Waals surface area (Å²) in [5, 5.41) is 8.74. The Hall–Kier alpha value is -1.54. The van der Waals surface area contributed by atoms with Gasteiger partial charge in [-0.05, 0) is 18.2 Å². The average Bonchev–Trinajstić information content (AvgIpc) is 2.26. The fraction of sp³-hybridized carbons (Fsp3) is 0.300. The van der Waals surface area contributed by atoms with Crippen LogP contribution in [0.5, 0.6) is 0 Å². The lowest BCUT2D eigenvalue weighted by molar-refractivity contribution is -0.0945. The van der Waals surface area contributed by atoms with Gasteiger partial charge >= 0.3 is 5.97 Å². The maximum Gasteiger partial charge on any atom is 0.335 e. The summed E-state index contributed by atoms with van der Waals surface area (Å²) >= 11 is 0. The minimum Gasteiger partial charge on any atom is -0.478 e. The standard InChI is InChI=1S/C10H9F2NO4S/c11-10(12)5-13(6-10)18(16,17)8-3-1-2-7(4-8)9(14)15/h1-4H,5-6H2,(H,14,15). The van der Waals surface area contributed by atoms with Crippen molar-refractivity contribution in [2.45, 2.75) is 10.8 Å². The molecular formula is C10H9F2NO4S. The van der Waals surface area contributed by atoms with E-state index in [1.807, 2.05) is 0 Å². The number of benzene rings is 1. The molecule has 0 saturated carbocycles. The van der Waals surface area contributed by atoms with Crippen LogP contribution in [0.25, 0.3) is 0 Å². The fourth-order valence-electron chi connectivity index (χ4n) is 1.58. The highest BCUT2D eigenvalue weighted by Gasteiger charge is 2.49. The zero-order valence-electron chi connectivity index (χ0n) is 9.01. The molecule has 1 heterocycles. The van der Waals surface area contributed by atoms with E-state index in [9.17, 15) is 22.0 Å². The number of nitrogens with zero attached hydrogens (tertiary/aromatic N) is 1. The summed E-state index contributed by atoms with van der Waals surface area (Å²) in [5.74, 6) is -4.28. The van der Waals surface area contributed by atoms with Crippen LogP contribution in [-0.2, 0) is 10.0 Å². The number of aromatic carboxylic acids is 1. The predicted molar refractivity (Wildman–Crippen MR) is 57.1 cm³/mol. The molecule has 1 aliphatic heterocycles. The molecule has 0 unspecified atom stereocenters. The van der Waals surface area contributed by atoms with Gasteiger partial charge in [-0.2, -0.15) is 4.31 Å². The summed E-state index contributed by atoms with van der Waals surface area (Å²) < 4.78 is 49.7. The third kappa shape index (κ3) is 2.21. The van der Waals surface area contributed by atoms with Crippen molar-refractivity contribution in [2.75, 3.05) is 13.1 Å². The molecule has 1 aromatic carbocycles. The number of carboxylic acids is 1. The third-order valence-electron chi connectivity index (χ3n) is 2.53. The summed E-state index contributed by atoms with van der Waals surface area (Å²) in [6.07, 6.45) is 0. The van der Waals surface area contributed by atoms with Crippen LogP contribution in [0.1, 0.15) is 10.4 Å². The van der Waals surface area contributed by atoms with E-state index in [-0.39, 0.29) is 10.5 Å². The number of alkyl halides is 2. The summed E-state index contributed by atoms with van der Waals surface area (Å²) in [5.41, 5.74) is -0.205. The molecule has 0 atom stereocenters. The van der Waals surface area contributed by atoms with Gasteiger partial charge in [0.25, 0.3) is 5.92 Å². The maximum atomic E-state index is 12.6. The van der Waals surface area contributed by atoms with Crippen molar-refractivity contribution in [3.8, 4) is 0 Å². The van der Waals surface area contributed by atoms with Gasteiger partial charge in [-0.25, -0.2) is 22.0 Å². The Morgan fingerprint density at radius 1 is 1.33 bits per heavy atom. The first-order chi connectivity index (χ1) is 8.22. The molecule has 0 amide bonds. The van der Waals surface area contributed by atoms with Crippen molar-refractivity contribution in [1.29, 1.82) is 0 Å². The second-order valence-electron chi connectivity index (χ2n) is 3.96. The summed E-state index contributed by atoms with van der Waals surface area (Å²) in [7, 11) is -4.04. The summed E-state index contributed by atoms with van der Waals surface area (Å²) in [6, 6.07) is 4.62. The van der Waals surface area contributed by atoms with Crippen LogP contribution < -0.4 is 0 Å². The van der Waals surface area contributed by atoms with Crippen LogP contribution in [0, 0.1) is 0 Å². The molecule has 2 rings (SSSR count). The quantitative estimate of drug-likeness (QED) is 0.895. The van der Waals surface area contributed by atoms with Crippen molar-refractivity contribution in [3.05, 3.63) is 29.8 Å². The molecule has 0 spiro atoms. The minimum absolute atomic E-state index is 0.205. The Balaban J connectivity index is 2.31. The van der Waals surface area contributed by atoms with Gasteiger partial charge in [-0.1, -0.05) is 6.07 Å². The molecule has 0 aliphatic carbocycles. The van der Waals surface area contributed by atoms with E-state index in [4.69, 9.17) is 5.11 Å². The van der Waals surface area contributed by atoms with E-state index in [1.54, 1.807) is 0 Å². The highest BCUT2D eigenvalue weighted by molar-refractivity contribution is 7.89.